The zero-order chi connectivity index (χ0) is 13.4. The summed E-state index contributed by atoms with van der Waals surface area (Å²) in [5.41, 5.74) is 0. The van der Waals surface area contributed by atoms with Gasteiger partial charge in [-0.25, -0.2) is 0 Å². The van der Waals surface area contributed by atoms with Crippen molar-refractivity contribution in [1.29, 1.82) is 0 Å². The van der Waals surface area contributed by atoms with Crippen LogP contribution in [0.15, 0.2) is 0 Å². The maximum atomic E-state index is 11.2. The fraction of sp³-hybridized carbons (Fsp3) is 1.00. The van der Waals surface area contributed by atoms with Gasteiger partial charge in [0.2, 0.25) is 6.04 Å². The number of alkyl halides is 2. The molecule has 0 aromatic rings. The average molecular weight is 371 g/mol. The summed E-state index contributed by atoms with van der Waals surface area (Å²) in [6, 6.07) is -0.424. The minimum atomic E-state index is -0.424. The van der Waals surface area contributed by atoms with Crippen molar-refractivity contribution in [3.05, 3.63) is 10.1 Å². The monoisotopic (exact) mass is 369 g/mol. The normalized spacial score (nSPS) is 42.8. The van der Waals surface area contributed by atoms with Gasteiger partial charge in [0.15, 0.2) is 0 Å². The quantitative estimate of drug-likeness (QED) is 0.420. The van der Waals surface area contributed by atoms with Crippen LogP contribution in [-0.2, 0) is 0 Å². The standard InChI is InChI=1S/C12H21Br2NO2/c1-8(2)5-9-6-11(3,13)12(4,14)7-10(9)15(16)17/h8-10H,5-7H2,1-4H3. The van der Waals surface area contributed by atoms with Gasteiger partial charge in [0.25, 0.3) is 0 Å². The molecule has 5 heteroatoms. The molecule has 0 heterocycles. The molecule has 3 nitrogen and oxygen atoms in total. The third-order valence-electron chi connectivity index (χ3n) is 3.91. The summed E-state index contributed by atoms with van der Waals surface area (Å²) in [5, 5.41) is 11.2. The zero-order valence-corrected chi connectivity index (χ0v) is 14.0. The lowest BCUT2D eigenvalue weighted by Gasteiger charge is -2.46. The summed E-state index contributed by atoms with van der Waals surface area (Å²) in [4.78, 5) is 11.1. The summed E-state index contributed by atoms with van der Waals surface area (Å²) >= 11 is 7.42. The van der Waals surface area contributed by atoms with Crippen molar-refractivity contribution >= 4 is 31.9 Å². The van der Waals surface area contributed by atoms with E-state index in [-0.39, 0.29) is 19.5 Å². The predicted octanol–water partition coefficient (Wildman–Crippen LogP) is 4.40. The molecule has 0 radical (unpaired) electrons. The Bertz CT molecular complexity index is 303. The SMILES string of the molecule is CC(C)CC1CC(C)(Br)C(C)(Br)CC1[N+](=O)[O-]. The van der Waals surface area contributed by atoms with Crippen LogP contribution in [0.5, 0.6) is 0 Å². The van der Waals surface area contributed by atoms with Crippen molar-refractivity contribution < 1.29 is 4.92 Å². The molecule has 4 unspecified atom stereocenters. The highest BCUT2D eigenvalue weighted by Crippen LogP contribution is 2.52. The predicted molar refractivity (Wildman–Crippen MR) is 77.6 cm³/mol. The molecular formula is C12H21Br2NO2. The number of nitro groups is 1. The fourth-order valence-electron chi connectivity index (χ4n) is 2.71. The van der Waals surface area contributed by atoms with Crippen molar-refractivity contribution in [2.45, 2.75) is 61.6 Å². The van der Waals surface area contributed by atoms with E-state index in [1.807, 2.05) is 6.92 Å². The van der Waals surface area contributed by atoms with Crippen molar-refractivity contribution in [3.63, 3.8) is 0 Å². The van der Waals surface area contributed by atoms with Gasteiger partial charge in [-0.05, 0) is 32.6 Å². The second-order valence-electron chi connectivity index (χ2n) is 6.05. The number of hydrogen-bond donors (Lipinski definition) is 0. The molecule has 0 saturated heterocycles. The number of nitrogens with zero attached hydrogens (tertiary/aromatic N) is 1. The Morgan fingerprint density at radius 2 is 1.76 bits per heavy atom. The highest BCUT2D eigenvalue weighted by atomic mass is 79.9. The van der Waals surface area contributed by atoms with Crippen LogP contribution in [-0.4, -0.2) is 19.6 Å². The first-order valence-electron chi connectivity index (χ1n) is 6.08. The average Bonchev–Trinajstić information content (AvgIpc) is 2.09. The van der Waals surface area contributed by atoms with Crippen molar-refractivity contribution in [2.24, 2.45) is 11.8 Å². The van der Waals surface area contributed by atoms with Crippen LogP contribution in [0.25, 0.3) is 0 Å². The lowest BCUT2D eigenvalue weighted by atomic mass is 9.70. The Morgan fingerprint density at radius 1 is 1.29 bits per heavy atom. The summed E-state index contributed by atoms with van der Waals surface area (Å²) in [6.45, 7) is 8.43. The zero-order valence-electron chi connectivity index (χ0n) is 10.9. The smallest absolute Gasteiger partial charge is 0.217 e. The van der Waals surface area contributed by atoms with Gasteiger partial charge in [-0.1, -0.05) is 45.7 Å². The third kappa shape index (κ3) is 3.43. The van der Waals surface area contributed by atoms with Gasteiger partial charge in [0, 0.05) is 25.9 Å². The van der Waals surface area contributed by atoms with Crippen LogP contribution < -0.4 is 0 Å². The van der Waals surface area contributed by atoms with Gasteiger partial charge in [-0.15, -0.1) is 0 Å². The number of hydrogen-bond acceptors (Lipinski definition) is 2. The largest absolute Gasteiger partial charge is 0.264 e. The van der Waals surface area contributed by atoms with E-state index in [0.717, 1.165) is 12.8 Å². The Balaban J connectivity index is 2.92. The maximum absolute atomic E-state index is 11.2. The van der Waals surface area contributed by atoms with Gasteiger partial charge in [-0.2, -0.15) is 0 Å². The molecule has 0 aliphatic heterocycles. The molecule has 100 valence electrons. The highest BCUT2D eigenvalue weighted by Gasteiger charge is 2.53. The summed E-state index contributed by atoms with van der Waals surface area (Å²) in [5.74, 6) is 0.672. The first kappa shape index (κ1) is 15.4. The molecule has 0 bridgehead atoms. The minimum Gasteiger partial charge on any atom is -0.264 e. The highest BCUT2D eigenvalue weighted by molar-refractivity contribution is 9.13. The Kier molecular flexibility index (Phi) is 4.68. The lowest BCUT2D eigenvalue weighted by Crippen LogP contribution is -2.53. The molecule has 4 atom stereocenters. The van der Waals surface area contributed by atoms with E-state index >= 15 is 0 Å². The van der Waals surface area contributed by atoms with E-state index in [0.29, 0.717) is 12.3 Å². The van der Waals surface area contributed by atoms with Crippen LogP contribution in [0.3, 0.4) is 0 Å². The van der Waals surface area contributed by atoms with E-state index in [1.165, 1.54) is 0 Å². The number of halogens is 2. The lowest BCUT2D eigenvalue weighted by molar-refractivity contribution is -0.537. The van der Waals surface area contributed by atoms with Crippen LogP contribution in [0.2, 0.25) is 0 Å². The molecule has 1 saturated carbocycles. The van der Waals surface area contributed by atoms with Crippen LogP contribution >= 0.6 is 31.9 Å². The van der Waals surface area contributed by atoms with Crippen molar-refractivity contribution in [2.75, 3.05) is 0 Å². The summed E-state index contributed by atoms with van der Waals surface area (Å²) in [6.07, 6.45) is 2.35. The van der Waals surface area contributed by atoms with Gasteiger partial charge in [-0.3, -0.25) is 10.1 Å². The van der Waals surface area contributed by atoms with E-state index < -0.39 is 6.04 Å². The van der Waals surface area contributed by atoms with E-state index in [2.05, 4.69) is 52.6 Å². The van der Waals surface area contributed by atoms with Crippen molar-refractivity contribution in [1.82, 2.24) is 0 Å². The van der Waals surface area contributed by atoms with Gasteiger partial charge in [0.1, 0.15) is 0 Å². The molecule has 17 heavy (non-hydrogen) atoms. The second-order valence-corrected chi connectivity index (χ2v) is 9.55. The van der Waals surface area contributed by atoms with Crippen LogP contribution in [0, 0.1) is 22.0 Å². The van der Waals surface area contributed by atoms with E-state index in [4.69, 9.17) is 0 Å². The number of rotatable bonds is 3. The molecular weight excluding hydrogens is 350 g/mol. The molecule has 0 aromatic carbocycles. The molecule has 1 aliphatic rings. The molecule has 1 aliphatic carbocycles. The molecule has 1 fully saturated rings. The van der Waals surface area contributed by atoms with Crippen molar-refractivity contribution in [3.8, 4) is 0 Å². The third-order valence-corrected chi connectivity index (χ3v) is 6.84. The first-order chi connectivity index (χ1) is 7.57. The molecule has 0 aromatic heterocycles. The van der Waals surface area contributed by atoms with Gasteiger partial charge < -0.3 is 0 Å². The van der Waals surface area contributed by atoms with Gasteiger partial charge >= 0.3 is 0 Å². The molecule has 1 rings (SSSR count). The Labute approximate surface area is 120 Å². The van der Waals surface area contributed by atoms with Crippen LogP contribution in [0.4, 0.5) is 0 Å². The topological polar surface area (TPSA) is 43.1 Å². The Hall–Kier alpha value is 0.360. The summed E-state index contributed by atoms with van der Waals surface area (Å²) in [7, 11) is 0. The second kappa shape index (κ2) is 5.16. The maximum Gasteiger partial charge on any atom is 0.217 e. The van der Waals surface area contributed by atoms with E-state index in [1.54, 1.807) is 0 Å². The minimum absolute atomic E-state index is 0.0773. The van der Waals surface area contributed by atoms with Crippen LogP contribution in [0.1, 0.15) is 47.0 Å². The Morgan fingerprint density at radius 3 is 2.18 bits per heavy atom. The fourth-order valence-corrected chi connectivity index (χ4v) is 3.78. The first-order valence-corrected chi connectivity index (χ1v) is 7.67. The molecule has 0 amide bonds. The summed E-state index contributed by atoms with van der Waals surface area (Å²) < 4.78 is -0.294. The van der Waals surface area contributed by atoms with Gasteiger partial charge in [0.05, 0.1) is 0 Å². The molecule has 0 spiro atoms. The van der Waals surface area contributed by atoms with E-state index in [9.17, 15) is 10.1 Å². The molecule has 0 N–H and O–H groups in total.